The highest BCUT2D eigenvalue weighted by atomic mass is 79.9. The summed E-state index contributed by atoms with van der Waals surface area (Å²) in [5.41, 5.74) is 8.98. The van der Waals surface area contributed by atoms with Crippen molar-refractivity contribution in [2.75, 3.05) is 18.0 Å². The van der Waals surface area contributed by atoms with E-state index in [1.54, 1.807) is 0 Å². The van der Waals surface area contributed by atoms with Gasteiger partial charge in [-0.05, 0) is 55.4 Å². The molecule has 21 heavy (non-hydrogen) atoms. The third-order valence-corrected chi connectivity index (χ3v) is 5.19. The van der Waals surface area contributed by atoms with Gasteiger partial charge < -0.3 is 10.6 Å². The molecule has 2 nitrogen and oxygen atoms in total. The van der Waals surface area contributed by atoms with Crippen LogP contribution in [-0.4, -0.2) is 19.1 Å². The number of hydrogen-bond acceptors (Lipinski definition) is 2. The van der Waals surface area contributed by atoms with Crippen LogP contribution < -0.4 is 10.6 Å². The third-order valence-electron chi connectivity index (χ3n) is 4.70. The summed E-state index contributed by atoms with van der Waals surface area (Å²) in [6.45, 7) is 6.85. The number of anilines is 1. The molecule has 1 aliphatic heterocycles. The Morgan fingerprint density at radius 1 is 1.29 bits per heavy atom. The summed E-state index contributed by atoms with van der Waals surface area (Å²) in [5.74, 6) is 0.933. The predicted molar refractivity (Wildman–Crippen MR) is 96.0 cm³/mol. The molecule has 2 rings (SSSR count). The van der Waals surface area contributed by atoms with Crippen LogP contribution in [0, 0.1) is 5.92 Å². The zero-order chi connectivity index (χ0) is 15.2. The van der Waals surface area contributed by atoms with Crippen LogP contribution in [0.2, 0.25) is 0 Å². The minimum absolute atomic E-state index is 0.260. The van der Waals surface area contributed by atoms with Gasteiger partial charge in [0.1, 0.15) is 0 Å². The first kappa shape index (κ1) is 16.8. The first-order valence-corrected chi connectivity index (χ1v) is 9.22. The largest absolute Gasteiger partial charge is 0.371 e. The fourth-order valence-electron chi connectivity index (χ4n) is 3.32. The van der Waals surface area contributed by atoms with E-state index in [9.17, 15) is 0 Å². The van der Waals surface area contributed by atoms with Crippen molar-refractivity contribution in [1.29, 1.82) is 0 Å². The highest BCUT2D eigenvalue weighted by Gasteiger charge is 2.21. The topological polar surface area (TPSA) is 29.3 Å². The van der Waals surface area contributed by atoms with Crippen molar-refractivity contribution in [3.63, 3.8) is 0 Å². The molecule has 1 fully saturated rings. The number of halogens is 1. The molecule has 1 atom stereocenters. The minimum Gasteiger partial charge on any atom is -0.371 e. The molecule has 0 bridgehead atoms. The van der Waals surface area contributed by atoms with E-state index in [1.807, 2.05) is 0 Å². The highest BCUT2D eigenvalue weighted by molar-refractivity contribution is 9.10. The Morgan fingerprint density at radius 2 is 2.00 bits per heavy atom. The van der Waals surface area contributed by atoms with Crippen LogP contribution >= 0.6 is 15.9 Å². The molecule has 0 aliphatic carbocycles. The summed E-state index contributed by atoms with van der Waals surface area (Å²) in [6.07, 6.45) is 7.39. The van der Waals surface area contributed by atoms with Gasteiger partial charge in [-0.1, -0.05) is 42.6 Å². The zero-order valence-electron chi connectivity index (χ0n) is 13.4. The van der Waals surface area contributed by atoms with Gasteiger partial charge in [-0.3, -0.25) is 0 Å². The summed E-state index contributed by atoms with van der Waals surface area (Å²) in [7, 11) is 0. The van der Waals surface area contributed by atoms with Gasteiger partial charge in [0.05, 0.1) is 0 Å². The number of rotatable bonds is 6. The molecule has 1 saturated heterocycles. The van der Waals surface area contributed by atoms with Crippen molar-refractivity contribution in [1.82, 2.24) is 0 Å². The van der Waals surface area contributed by atoms with Crippen LogP contribution in [0.4, 0.5) is 5.69 Å². The Morgan fingerprint density at radius 3 is 2.62 bits per heavy atom. The molecule has 0 spiro atoms. The van der Waals surface area contributed by atoms with E-state index in [-0.39, 0.29) is 6.04 Å². The number of benzene rings is 1. The fourth-order valence-corrected chi connectivity index (χ4v) is 3.73. The number of piperidine rings is 1. The summed E-state index contributed by atoms with van der Waals surface area (Å²) in [6, 6.07) is 6.94. The van der Waals surface area contributed by atoms with Crippen molar-refractivity contribution < 1.29 is 0 Å². The average molecular weight is 353 g/mol. The summed E-state index contributed by atoms with van der Waals surface area (Å²) < 4.78 is 1.16. The van der Waals surface area contributed by atoms with Crippen molar-refractivity contribution in [3.05, 3.63) is 28.2 Å². The van der Waals surface area contributed by atoms with E-state index < -0.39 is 0 Å². The van der Waals surface area contributed by atoms with Crippen LogP contribution in [0.5, 0.6) is 0 Å². The van der Waals surface area contributed by atoms with Crippen LogP contribution in [-0.2, 0) is 6.42 Å². The lowest BCUT2D eigenvalue weighted by Gasteiger charge is -2.35. The lowest BCUT2D eigenvalue weighted by atomic mass is 9.91. The lowest BCUT2D eigenvalue weighted by Crippen LogP contribution is -2.34. The maximum atomic E-state index is 6.18. The fraction of sp³-hybridized carbons (Fsp3) is 0.667. The summed E-state index contributed by atoms with van der Waals surface area (Å²) >= 11 is 3.60. The van der Waals surface area contributed by atoms with E-state index >= 15 is 0 Å². The molecule has 2 N–H and O–H groups in total. The van der Waals surface area contributed by atoms with Gasteiger partial charge in [-0.25, -0.2) is 0 Å². The smallest absolute Gasteiger partial charge is 0.0400 e. The Kier molecular flexibility index (Phi) is 6.56. The Balaban J connectivity index is 2.09. The second-order valence-corrected chi connectivity index (χ2v) is 7.28. The third kappa shape index (κ3) is 4.72. The molecule has 1 unspecified atom stereocenters. The molecular weight excluding hydrogens is 324 g/mol. The Labute approximate surface area is 138 Å². The zero-order valence-corrected chi connectivity index (χ0v) is 15.0. The lowest BCUT2D eigenvalue weighted by molar-refractivity contribution is 0.378. The van der Waals surface area contributed by atoms with Crippen molar-refractivity contribution in [2.24, 2.45) is 11.7 Å². The number of nitrogens with two attached hydrogens (primary N) is 1. The Hall–Kier alpha value is -0.540. The molecule has 1 aromatic rings. The van der Waals surface area contributed by atoms with E-state index in [2.05, 4.69) is 52.9 Å². The number of hydrogen-bond donors (Lipinski definition) is 1. The van der Waals surface area contributed by atoms with Crippen molar-refractivity contribution in [2.45, 2.75) is 58.4 Å². The summed E-state index contributed by atoms with van der Waals surface area (Å²) in [4.78, 5) is 2.57. The van der Waals surface area contributed by atoms with Crippen LogP contribution in [0.1, 0.15) is 51.5 Å². The molecule has 0 radical (unpaired) electrons. The molecule has 1 aromatic carbocycles. The average Bonchev–Trinajstić information content (AvgIpc) is 2.49. The molecule has 0 amide bonds. The van der Waals surface area contributed by atoms with E-state index in [0.717, 1.165) is 23.2 Å². The first-order valence-electron chi connectivity index (χ1n) is 8.43. The molecule has 0 saturated carbocycles. The molecule has 0 aromatic heterocycles. The number of nitrogens with zero attached hydrogens (tertiary/aromatic N) is 1. The summed E-state index contributed by atoms with van der Waals surface area (Å²) in [5, 5.41) is 0. The standard InChI is InChI=1S/C18H29BrN2/c1-3-5-14-8-10-21(11-9-14)18-7-6-16(19)12-15(18)13-17(20)4-2/h6-7,12,14,17H,3-5,8-11,13,20H2,1-2H3. The molecule has 3 heteroatoms. The van der Waals surface area contributed by atoms with Gasteiger partial charge in [0, 0.05) is 29.3 Å². The maximum absolute atomic E-state index is 6.18. The molecule has 1 aliphatic rings. The monoisotopic (exact) mass is 352 g/mol. The quantitative estimate of drug-likeness (QED) is 0.800. The van der Waals surface area contributed by atoms with Crippen molar-refractivity contribution in [3.8, 4) is 0 Å². The maximum Gasteiger partial charge on any atom is 0.0400 e. The van der Waals surface area contributed by atoms with Crippen molar-refractivity contribution >= 4 is 21.6 Å². The van der Waals surface area contributed by atoms with E-state index in [0.29, 0.717) is 0 Å². The molecule has 1 heterocycles. The second kappa shape index (κ2) is 8.19. The van der Waals surface area contributed by atoms with E-state index in [1.165, 1.54) is 50.0 Å². The SMILES string of the molecule is CCCC1CCN(c2ccc(Br)cc2CC(N)CC)CC1. The van der Waals surface area contributed by atoms with Gasteiger partial charge in [-0.15, -0.1) is 0 Å². The second-order valence-electron chi connectivity index (χ2n) is 6.36. The van der Waals surface area contributed by atoms with Crippen LogP contribution in [0.25, 0.3) is 0 Å². The van der Waals surface area contributed by atoms with E-state index in [4.69, 9.17) is 5.73 Å². The predicted octanol–water partition coefficient (Wildman–Crippen LogP) is 4.75. The molecule has 118 valence electrons. The van der Waals surface area contributed by atoms with Gasteiger partial charge >= 0.3 is 0 Å². The van der Waals surface area contributed by atoms with Crippen LogP contribution in [0.15, 0.2) is 22.7 Å². The van der Waals surface area contributed by atoms with Crippen LogP contribution in [0.3, 0.4) is 0 Å². The first-order chi connectivity index (χ1) is 10.1. The highest BCUT2D eigenvalue weighted by Crippen LogP contribution is 2.30. The normalized spacial score (nSPS) is 18.0. The van der Waals surface area contributed by atoms with Gasteiger partial charge in [0.25, 0.3) is 0 Å². The minimum atomic E-state index is 0.260. The van der Waals surface area contributed by atoms with Gasteiger partial charge in [0.15, 0.2) is 0 Å². The van der Waals surface area contributed by atoms with Gasteiger partial charge in [0.2, 0.25) is 0 Å². The Bertz CT molecular complexity index is 439. The van der Waals surface area contributed by atoms with Gasteiger partial charge in [-0.2, -0.15) is 0 Å². The molecular formula is C18H29BrN2.